The first-order valence-electron chi connectivity index (χ1n) is 7.91. The van der Waals surface area contributed by atoms with Crippen LogP contribution in [0.25, 0.3) is 0 Å². The highest BCUT2D eigenvalue weighted by molar-refractivity contribution is 5.84. The molecule has 3 heteroatoms. The second kappa shape index (κ2) is 5.43. The van der Waals surface area contributed by atoms with E-state index < -0.39 is 5.54 Å². The fourth-order valence-corrected chi connectivity index (χ4v) is 3.90. The summed E-state index contributed by atoms with van der Waals surface area (Å²) in [5.74, 6) is 0.581. The summed E-state index contributed by atoms with van der Waals surface area (Å²) in [7, 11) is 0. The van der Waals surface area contributed by atoms with Crippen LogP contribution in [0.2, 0.25) is 0 Å². The number of amides is 1. The molecule has 2 rings (SSSR count). The summed E-state index contributed by atoms with van der Waals surface area (Å²) >= 11 is 0. The van der Waals surface area contributed by atoms with E-state index >= 15 is 0 Å². The standard InChI is InChI=1S/C16H30N2O/c1-15(2,3)12-8-10-16(11-9-12,14(17)19)18-13-6-4-5-7-13/h12-13,18H,4-11H2,1-3H3,(H2,17,19). The summed E-state index contributed by atoms with van der Waals surface area (Å²) in [6.07, 6.45) is 9.06. The van der Waals surface area contributed by atoms with Crippen molar-refractivity contribution in [1.82, 2.24) is 5.32 Å². The second-order valence-corrected chi connectivity index (χ2v) is 7.71. The second-order valence-electron chi connectivity index (χ2n) is 7.71. The number of hydrogen-bond donors (Lipinski definition) is 2. The summed E-state index contributed by atoms with van der Waals surface area (Å²) in [4.78, 5) is 12.0. The van der Waals surface area contributed by atoms with Crippen LogP contribution in [0.3, 0.4) is 0 Å². The number of hydrogen-bond acceptors (Lipinski definition) is 2. The van der Waals surface area contributed by atoms with Crippen LogP contribution in [-0.4, -0.2) is 17.5 Å². The van der Waals surface area contributed by atoms with Crippen molar-refractivity contribution in [2.24, 2.45) is 17.1 Å². The molecular formula is C16H30N2O. The Morgan fingerprint density at radius 3 is 2.05 bits per heavy atom. The van der Waals surface area contributed by atoms with E-state index in [1.165, 1.54) is 25.7 Å². The van der Waals surface area contributed by atoms with E-state index in [1.54, 1.807) is 0 Å². The number of primary amides is 1. The van der Waals surface area contributed by atoms with Gasteiger partial charge in [-0.2, -0.15) is 0 Å². The molecule has 0 radical (unpaired) electrons. The van der Waals surface area contributed by atoms with Crippen molar-refractivity contribution in [3.05, 3.63) is 0 Å². The van der Waals surface area contributed by atoms with Gasteiger partial charge in [-0.1, -0.05) is 33.6 Å². The summed E-state index contributed by atoms with van der Waals surface area (Å²) < 4.78 is 0. The molecule has 3 N–H and O–H groups in total. The number of nitrogens with two attached hydrogens (primary N) is 1. The van der Waals surface area contributed by atoms with Crippen molar-refractivity contribution < 1.29 is 4.79 Å². The Balaban J connectivity index is 2.00. The minimum absolute atomic E-state index is 0.133. The van der Waals surface area contributed by atoms with Crippen molar-refractivity contribution in [3.8, 4) is 0 Å². The minimum atomic E-state index is -0.420. The van der Waals surface area contributed by atoms with Gasteiger partial charge in [0, 0.05) is 6.04 Å². The molecule has 2 aliphatic rings. The molecule has 2 fully saturated rings. The van der Waals surface area contributed by atoms with E-state index in [9.17, 15) is 4.79 Å². The van der Waals surface area contributed by atoms with Crippen molar-refractivity contribution in [3.63, 3.8) is 0 Å². The van der Waals surface area contributed by atoms with Crippen LogP contribution in [0.1, 0.15) is 72.1 Å². The maximum atomic E-state index is 12.0. The van der Waals surface area contributed by atoms with Crippen LogP contribution in [-0.2, 0) is 4.79 Å². The summed E-state index contributed by atoms with van der Waals surface area (Å²) in [5.41, 5.74) is 5.66. The van der Waals surface area contributed by atoms with Crippen LogP contribution in [0, 0.1) is 11.3 Å². The molecule has 0 aliphatic heterocycles. The predicted octanol–water partition coefficient (Wildman–Crippen LogP) is 2.98. The first kappa shape index (κ1) is 14.8. The topological polar surface area (TPSA) is 55.1 Å². The molecule has 0 aromatic rings. The van der Waals surface area contributed by atoms with Gasteiger partial charge in [0.15, 0.2) is 0 Å². The van der Waals surface area contributed by atoms with Crippen LogP contribution in [0.5, 0.6) is 0 Å². The molecule has 110 valence electrons. The van der Waals surface area contributed by atoms with E-state index in [2.05, 4.69) is 26.1 Å². The summed E-state index contributed by atoms with van der Waals surface area (Å²) in [6, 6.07) is 0.513. The van der Waals surface area contributed by atoms with Crippen LogP contribution < -0.4 is 11.1 Å². The number of carbonyl (C=O) groups is 1. The van der Waals surface area contributed by atoms with E-state index in [-0.39, 0.29) is 5.91 Å². The third-order valence-corrected chi connectivity index (χ3v) is 5.37. The molecule has 1 amide bonds. The monoisotopic (exact) mass is 266 g/mol. The van der Waals surface area contributed by atoms with E-state index in [1.807, 2.05) is 0 Å². The lowest BCUT2D eigenvalue weighted by Crippen LogP contribution is -2.60. The Morgan fingerprint density at radius 2 is 1.63 bits per heavy atom. The van der Waals surface area contributed by atoms with Gasteiger partial charge in [0.1, 0.15) is 0 Å². The van der Waals surface area contributed by atoms with Crippen molar-refractivity contribution in [2.75, 3.05) is 0 Å². The number of carbonyl (C=O) groups excluding carboxylic acids is 1. The highest BCUT2D eigenvalue weighted by Gasteiger charge is 2.43. The fraction of sp³-hybridized carbons (Fsp3) is 0.938. The average molecular weight is 266 g/mol. The quantitative estimate of drug-likeness (QED) is 0.825. The van der Waals surface area contributed by atoms with E-state index in [0.717, 1.165) is 25.7 Å². The van der Waals surface area contributed by atoms with Crippen molar-refractivity contribution in [1.29, 1.82) is 0 Å². The van der Waals surface area contributed by atoms with Gasteiger partial charge >= 0.3 is 0 Å². The average Bonchev–Trinajstić information content (AvgIpc) is 2.81. The normalized spacial score (nSPS) is 33.5. The smallest absolute Gasteiger partial charge is 0.237 e. The highest BCUT2D eigenvalue weighted by atomic mass is 16.1. The lowest BCUT2D eigenvalue weighted by atomic mass is 9.67. The van der Waals surface area contributed by atoms with Crippen LogP contribution in [0.15, 0.2) is 0 Å². The van der Waals surface area contributed by atoms with Gasteiger partial charge in [-0.3, -0.25) is 4.79 Å². The maximum absolute atomic E-state index is 12.0. The SMILES string of the molecule is CC(C)(C)C1CCC(NC2CCCC2)(C(N)=O)CC1. The maximum Gasteiger partial charge on any atom is 0.237 e. The molecule has 0 bridgehead atoms. The first-order chi connectivity index (χ1) is 8.83. The van der Waals surface area contributed by atoms with E-state index in [0.29, 0.717) is 17.4 Å². The van der Waals surface area contributed by atoms with Gasteiger partial charge in [-0.15, -0.1) is 0 Å². The summed E-state index contributed by atoms with van der Waals surface area (Å²) in [6.45, 7) is 6.91. The zero-order valence-electron chi connectivity index (χ0n) is 12.8. The molecule has 0 aromatic carbocycles. The molecule has 0 aromatic heterocycles. The highest BCUT2D eigenvalue weighted by Crippen LogP contribution is 2.42. The number of rotatable bonds is 3. The largest absolute Gasteiger partial charge is 0.368 e. The molecule has 2 saturated carbocycles. The van der Waals surface area contributed by atoms with Gasteiger partial charge in [-0.25, -0.2) is 0 Å². The van der Waals surface area contributed by atoms with Crippen molar-refractivity contribution in [2.45, 2.75) is 83.7 Å². The van der Waals surface area contributed by atoms with Gasteiger partial charge in [0.2, 0.25) is 5.91 Å². The fourth-order valence-electron chi connectivity index (χ4n) is 3.90. The molecule has 0 saturated heterocycles. The Labute approximate surface area is 117 Å². The van der Waals surface area contributed by atoms with Crippen LogP contribution >= 0.6 is 0 Å². The molecule has 0 unspecified atom stereocenters. The van der Waals surface area contributed by atoms with Gasteiger partial charge < -0.3 is 11.1 Å². The molecule has 0 heterocycles. The van der Waals surface area contributed by atoms with Gasteiger partial charge in [0.25, 0.3) is 0 Å². The van der Waals surface area contributed by atoms with Crippen molar-refractivity contribution >= 4 is 5.91 Å². The third kappa shape index (κ3) is 3.31. The third-order valence-electron chi connectivity index (χ3n) is 5.37. The zero-order chi connectivity index (χ0) is 14.1. The first-order valence-corrected chi connectivity index (χ1v) is 7.91. The molecule has 19 heavy (non-hydrogen) atoms. The zero-order valence-corrected chi connectivity index (χ0v) is 12.8. The lowest BCUT2D eigenvalue weighted by molar-refractivity contribution is -0.127. The number of nitrogens with one attached hydrogen (secondary N) is 1. The van der Waals surface area contributed by atoms with E-state index in [4.69, 9.17) is 5.73 Å². The summed E-state index contributed by atoms with van der Waals surface area (Å²) in [5, 5.41) is 3.63. The Morgan fingerprint density at radius 1 is 1.11 bits per heavy atom. The molecule has 3 nitrogen and oxygen atoms in total. The van der Waals surface area contributed by atoms with Gasteiger partial charge in [0.05, 0.1) is 5.54 Å². The Kier molecular flexibility index (Phi) is 4.24. The van der Waals surface area contributed by atoms with Crippen LogP contribution in [0.4, 0.5) is 0 Å². The Bertz CT molecular complexity index is 318. The predicted molar refractivity (Wildman–Crippen MR) is 78.7 cm³/mol. The molecule has 0 atom stereocenters. The molecular weight excluding hydrogens is 236 g/mol. The Hall–Kier alpha value is -0.570. The van der Waals surface area contributed by atoms with Gasteiger partial charge in [-0.05, 0) is 49.9 Å². The molecule has 0 spiro atoms. The molecule has 2 aliphatic carbocycles. The lowest BCUT2D eigenvalue weighted by Gasteiger charge is -2.44. The minimum Gasteiger partial charge on any atom is -0.368 e.